The molecule has 19 heavy (non-hydrogen) atoms. The lowest BCUT2D eigenvalue weighted by atomic mass is 10.2. The number of hydrogen-bond donors (Lipinski definition) is 1. The van der Waals surface area contributed by atoms with Gasteiger partial charge in [-0.05, 0) is 6.42 Å². The predicted octanol–water partition coefficient (Wildman–Crippen LogP) is 2.48. The highest BCUT2D eigenvalue weighted by atomic mass is 32.1. The molecule has 1 aromatic heterocycles. The predicted molar refractivity (Wildman–Crippen MR) is 76.6 cm³/mol. The molecule has 0 aromatic carbocycles. The van der Waals surface area contributed by atoms with Crippen molar-refractivity contribution in [2.75, 3.05) is 26.1 Å². The Kier molecular flexibility index (Phi) is 7.43. The minimum absolute atomic E-state index is 0.203. The Balaban J connectivity index is 2.46. The van der Waals surface area contributed by atoms with Gasteiger partial charge in [0.1, 0.15) is 0 Å². The number of carbonyl (C=O) groups is 1. The van der Waals surface area contributed by atoms with Crippen LogP contribution in [0.4, 0.5) is 5.13 Å². The van der Waals surface area contributed by atoms with E-state index in [0.29, 0.717) is 19.4 Å². The van der Waals surface area contributed by atoms with Crippen molar-refractivity contribution in [2.45, 2.75) is 38.6 Å². The van der Waals surface area contributed by atoms with Crippen LogP contribution in [0.25, 0.3) is 0 Å². The summed E-state index contributed by atoms with van der Waals surface area (Å²) in [6.45, 7) is 2.82. The maximum absolute atomic E-state index is 11.1. The molecule has 0 saturated carbocycles. The third kappa shape index (κ3) is 6.02. The minimum Gasteiger partial charge on any atom is -0.469 e. The normalized spacial score (nSPS) is 12.2. The first-order valence-corrected chi connectivity index (χ1v) is 7.34. The van der Waals surface area contributed by atoms with Crippen molar-refractivity contribution in [1.82, 2.24) is 4.98 Å². The summed E-state index contributed by atoms with van der Waals surface area (Å²) in [5.41, 5.74) is 0.922. The molecule has 6 heteroatoms. The molecular formula is C13H22N2O3S. The zero-order valence-electron chi connectivity index (χ0n) is 11.8. The van der Waals surface area contributed by atoms with Gasteiger partial charge in [0.05, 0.1) is 31.9 Å². The lowest BCUT2D eigenvalue weighted by Gasteiger charge is -2.16. The molecule has 0 aliphatic heterocycles. The number of nitrogens with one attached hydrogen (secondary N) is 1. The van der Waals surface area contributed by atoms with Crippen LogP contribution in [0.3, 0.4) is 0 Å². The van der Waals surface area contributed by atoms with Gasteiger partial charge in [-0.3, -0.25) is 4.79 Å². The first kappa shape index (κ1) is 15.9. The van der Waals surface area contributed by atoms with E-state index in [1.165, 1.54) is 7.11 Å². The van der Waals surface area contributed by atoms with Crippen LogP contribution in [0.1, 0.15) is 31.9 Å². The molecular weight excluding hydrogens is 264 g/mol. The number of nitrogens with zero attached hydrogens (tertiary/aromatic N) is 1. The molecule has 0 bridgehead atoms. The fourth-order valence-corrected chi connectivity index (χ4v) is 2.56. The molecule has 1 rings (SSSR count). The minimum atomic E-state index is -0.203. The monoisotopic (exact) mass is 286 g/mol. The third-order valence-electron chi connectivity index (χ3n) is 2.70. The van der Waals surface area contributed by atoms with Crippen molar-refractivity contribution in [2.24, 2.45) is 0 Å². The molecule has 1 unspecified atom stereocenters. The summed E-state index contributed by atoms with van der Waals surface area (Å²) >= 11 is 1.56. The van der Waals surface area contributed by atoms with Gasteiger partial charge in [-0.15, -0.1) is 11.3 Å². The highest BCUT2D eigenvalue weighted by Gasteiger charge is 2.10. The Morgan fingerprint density at radius 3 is 2.95 bits per heavy atom. The second-order valence-electron chi connectivity index (χ2n) is 4.31. The maximum Gasteiger partial charge on any atom is 0.305 e. The lowest BCUT2D eigenvalue weighted by Crippen LogP contribution is -2.24. The Hall–Kier alpha value is -1.14. The van der Waals surface area contributed by atoms with Crippen molar-refractivity contribution in [3.8, 4) is 0 Å². The van der Waals surface area contributed by atoms with E-state index in [0.717, 1.165) is 23.7 Å². The molecule has 108 valence electrons. The standard InChI is InChI=1S/C13H22N2O3S/c1-4-5-10(8-17-2)14-13-15-11(9-19-13)6-7-12(16)18-3/h9-10H,4-8H2,1-3H3,(H,14,15). The van der Waals surface area contributed by atoms with Crippen LogP contribution in [0.5, 0.6) is 0 Å². The maximum atomic E-state index is 11.1. The van der Waals surface area contributed by atoms with E-state index < -0.39 is 0 Å². The van der Waals surface area contributed by atoms with E-state index in [-0.39, 0.29) is 12.0 Å². The van der Waals surface area contributed by atoms with Crippen molar-refractivity contribution < 1.29 is 14.3 Å². The van der Waals surface area contributed by atoms with Gasteiger partial charge in [0.2, 0.25) is 0 Å². The number of rotatable bonds is 9. The van der Waals surface area contributed by atoms with Gasteiger partial charge in [0, 0.05) is 18.9 Å². The molecule has 0 saturated heterocycles. The van der Waals surface area contributed by atoms with E-state index in [4.69, 9.17) is 4.74 Å². The average Bonchev–Trinajstić information content (AvgIpc) is 2.84. The Labute approximate surface area is 118 Å². The van der Waals surface area contributed by atoms with Crippen LogP contribution in [0.2, 0.25) is 0 Å². The molecule has 0 radical (unpaired) electrons. The number of aromatic nitrogens is 1. The number of methoxy groups -OCH3 is 2. The Morgan fingerprint density at radius 1 is 1.53 bits per heavy atom. The highest BCUT2D eigenvalue weighted by molar-refractivity contribution is 7.13. The lowest BCUT2D eigenvalue weighted by molar-refractivity contribution is -0.140. The van der Waals surface area contributed by atoms with Crippen molar-refractivity contribution in [1.29, 1.82) is 0 Å². The van der Waals surface area contributed by atoms with Gasteiger partial charge >= 0.3 is 5.97 Å². The summed E-state index contributed by atoms with van der Waals surface area (Å²) in [5, 5.41) is 6.23. The molecule has 1 aromatic rings. The van der Waals surface area contributed by atoms with Crippen molar-refractivity contribution >= 4 is 22.4 Å². The number of carbonyl (C=O) groups excluding carboxylic acids is 1. The van der Waals surface area contributed by atoms with Crippen LogP contribution in [0, 0.1) is 0 Å². The summed E-state index contributed by atoms with van der Waals surface area (Å²) in [6, 6.07) is 0.287. The van der Waals surface area contributed by atoms with Gasteiger partial charge in [0.15, 0.2) is 5.13 Å². The summed E-state index contributed by atoms with van der Waals surface area (Å²) in [6.07, 6.45) is 3.14. The third-order valence-corrected chi connectivity index (χ3v) is 3.52. The van der Waals surface area contributed by atoms with Crippen LogP contribution in [0.15, 0.2) is 5.38 Å². The summed E-state index contributed by atoms with van der Waals surface area (Å²) in [4.78, 5) is 15.5. The van der Waals surface area contributed by atoms with E-state index >= 15 is 0 Å². The van der Waals surface area contributed by atoms with Gasteiger partial charge in [-0.1, -0.05) is 13.3 Å². The van der Waals surface area contributed by atoms with Crippen LogP contribution < -0.4 is 5.32 Å². The molecule has 0 fully saturated rings. The van der Waals surface area contributed by atoms with Crippen molar-refractivity contribution in [3.63, 3.8) is 0 Å². The molecule has 1 N–H and O–H groups in total. The Morgan fingerprint density at radius 2 is 2.32 bits per heavy atom. The van der Waals surface area contributed by atoms with Gasteiger partial charge in [-0.25, -0.2) is 4.98 Å². The first-order chi connectivity index (χ1) is 9.19. The van der Waals surface area contributed by atoms with Crippen LogP contribution in [-0.2, 0) is 20.7 Å². The number of anilines is 1. The smallest absolute Gasteiger partial charge is 0.305 e. The molecule has 1 heterocycles. The number of hydrogen-bond acceptors (Lipinski definition) is 6. The molecule has 5 nitrogen and oxygen atoms in total. The van der Waals surface area contributed by atoms with E-state index in [9.17, 15) is 4.79 Å². The van der Waals surface area contributed by atoms with Gasteiger partial charge in [-0.2, -0.15) is 0 Å². The second-order valence-corrected chi connectivity index (χ2v) is 5.16. The fraction of sp³-hybridized carbons (Fsp3) is 0.692. The summed E-state index contributed by atoms with van der Waals surface area (Å²) in [5.74, 6) is -0.203. The van der Waals surface area contributed by atoms with Crippen molar-refractivity contribution in [3.05, 3.63) is 11.1 Å². The van der Waals surface area contributed by atoms with E-state index in [1.807, 2.05) is 5.38 Å². The quantitative estimate of drug-likeness (QED) is 0.707. The number of esters is 1. The zero-order chi connectivity index (χ0) is 14.1. The van der Waals surface area contributed by atoms with Crippen LogP contribution >= 0.6 is 11.3 Å². The first-order valence-electron chi connectivity index (χ1n) is 6.46. The zero-order valence-corrected chi connectivity index (χ0v) is 12.6. The molecule has 0 spiro atoms. The topological polar surface area (TPSA) is 60.5 Å². The number of aryl methyl sites for hydroxylation is 1. The van der Waals surface area contributed by atoms with Gasteiger partial charge < -0.3 is 14.8 Å². The average molecular weight is 286 g/mol. The highest BCUT2D eigenvalue weighted by Crippen LogP contribution is 2.18. The van der Waals surface area contributed by atoms with Crippen LogP contribution in [-0.4, -0.2) is 37.8 Å². The number of ether oxygens (including phenoxy) is 2. The number of thiazole rings is 1. The van der Waals surface area contributed by atoms with Gasteiger partial charge in [0.25, 0.3) is 0 Å². The SMILES string of the molecule is CCCC(COC)Nc1nc(CCC(=O)OC)cs1. The fourth-order valence-electron chi connectivity index (χ4n) is 1.74. The van der Waals surface area contributed by atoms with E-state index in [1.54, 1.807) is 18.4 Å². The Bertz CT molecular complexity index is 376. The molecule has 0 aliphatic rings. The summed E-state index contributed by atoms with van der Waals surface area (Å²) < 4.78 is 9.79. The van der Waals surface area contributed by atoms with E-state index in [2.05, 4.69) is 22.0 Å². The molecule has 1 atom stereocenters. The summed E-state index contributed by atoms with van der Waals surface area (Å²) in [7, 11) is 3.10. The largest absolute Gasteiger partial charge is 0.469 e. The molecule has 0 amide bonds. The second kappa shape index (κ2) is 8.87. The molecule has 0 aliphatic carbocycles.